The highest BCUT2D eigenvalue weighted by Gasteiger charge is 2.24. The molecule has 0 aliphatic carbocycles. The van der Waals surface area contributed by atoms with Gasteiger partial charge in [0, 0.05) is 12.8 Å². The van der Waals surface area contributed by atoms with E-state index in [1.807, 2.05) is 0 Å². The van der Waals surface area contributed by atoms with Crippen LogP contribution < -0.4 is 0 Å². The molecule has 0 fully saturated rings. The van der Waals surface area contributed by atoms with Gasteiger partial charge in [0.05, 0.1) is 37.3 Å². The first kappa shape index (κ1) is 24.1. The topological polar surface area (TPSA) is 108 Å². The number of phosphoric acid groups is 1. The van der Waals surface area contributed by atoms with Crippen molar-refractivity contribution >= 4 is 19.8 Å². The Morgan fingerprint density at radius 2 is 1.08 bits per heavy atom. The maximum atomic E-state index is 11.6. The largest absolute Gasteiger partial charge is 0.472 e. The Balaban J connectivity index is 3.80. The van der Waals surface area contributed by atoms with Crippen molar-refractivity contribution in [2.75, 3.05) is 26.4 Å². The van der Waals surface area contributed by atoms with Crippen molar-refractivity contribution in [3.8, 4) is 0 Å². The zero-order valence-electron chi connectivity index (χ0n) is 16.0. The third kappa shape index (κ3) is 12.1. The van der Waals surface area contributed by atoms with Crippen LogP contribution in [0.2, 0.25) is 0 Å². The van der Waals surface area contributed by atoms with Crippen LogP contribution >= 0.6 is 7.82 Å². The summed E-state index contributed by atoms with van der Waals surface area (Å²) in [4.78, 5) is 32.5. The van der Waals surface area contributed by atoms with Gasteiger partial charge in [-0.05, 0) is 41.5 Å². The molecule has 148 valence electrons. The number of hydrogen-bond donors (Lipinski definition) is 1. The average Bonchev–Trinajstić information content (AvgIpc) is 2.43. The molecule has 1 N–H and O–H groups in total. The smallest absolute Gasteiger partial charge is 0.465 e. The first-order valence-electron chi connectivity index (χ1n) is 8.22. The molecule has 0 aliphatic heterocycles. The highest BCUT2D eigenvalue weighted by molar-refractivity contribution is 7.47. The molecule has 0 radical (unpaired) electrons. The molecule has 0 aromatic heterocycles. The molecule has 0 heterocycles. The number of carbonyl (C=O) groups is 2. The highest BCUT2D eigenvalue weighted by Crippen LogP contribution is 2.43. The summed E-state index contributed by atoms with van der Waals surface area (Å²) in [5.41, 5.74) is -1.18. The summed E-state index contributed by atoms with van der Waals surface area (Å²) in [6, 6.07) is 0. The highest BCUT2D eigenvalue weighted by atomic mass is 31.2. The zero-order chi connectivity index (χ0) is 19.7. The molecule has 0 aromatic rings. The summed E-state index contributed by atoms with van der Waals surface area (Å²) in [7, 11) is -4.17. The second-order valence-corrected chi connectivity index (χ2v) is 9.07. The van der Waals surface area contributed by atoms with Crippen LogP contribution in [0.3, 0.4) is 0 Å². The second kappa shape index (κ2) is 10.3. The minimum atomic E-state index is -4.17. The molecule has 25 heavy (non-hydrogen) atoms. The van der Waals surface area contributed by atoms with E-state index in [1.54, 1.807) is 41.5 Å². The number of carbonyl (C=O) groups excluding carboxylic acids is 2. The van der Waals surface area contributed by atoms with Gasteiger partial charge in [-0.1, -0.05) is 0 Å². The van der Waals surface area contributed by atoms with E-state index in [0.717, 1.165) is 0 Å². The van der Waals surface area contributed by atoms with Gasteiger partial charge in [-0.25, -0.2) is 4.57 Å². The standard InChI is InChI=1S/C16H31O8P/c1-15(2,3)13(17)21-9-7-11-23-25(19,20)24-12-8-10-22-14(18)16(4,5)6/h7-12H2,1-6H3,(H,19,20). The fraction of sp³-hybridized carbons (Fsp3) is 0.875. The van der Waals surface area contributed by atoms with Crippen molar-refractivity contribution in [1.82, 2.24) is 0 Å². The summed E-state index contributed by atoms with van der Waals surface area (Å²) in [6.45, 7) is 10.5. The minimum Gasteiger partial charge on any atom is -0.465 e. The lowest BCUT2D eigenvalue weighted by molar-refractivity contribution is -0.153. The molecule has 0 aromatic carbocycles. The molecule has 9 heteroatoms. The quantitative estimate of drug-likeness (QED) is 0.349. The Morgan fingerprint density at radius 3 is 1.36 bits per heavy atom. The van der Waals surface area contributed by atoms with Crippen LogP contribution in [0.5, 0.6) is 0 Å². The van der Waals surface area contributed by atoms with E-state index < -0.39 is 18.7 Å². The van der Waals surface area contributed by atoms with Crippen LogP contribution in [0.4, 0.5) is 0 Å². The molecule has 0 spiro atoms. The van der Waals surface area contributed by atoms with E-state index in [9.17, 15) is 19.0 Å². The summed E-state index contributed by atoms with van der Waals surface area (Å²) in [5, 5.41) is 0. The third-order valence-electron chi connectivity index (χ3n) is 2.78. The molecule has 0 unspecified atom stereocenters. The molecule has 0 saturated heterocycles. The first-order valence-corrected chi connectivity index (χ1v) is 9.71. The molecular formula is C16H31O8P. The van der Waals surface area contributed by atoms with Crippen LogP contribution in [-0.4, -0.2) is 43.3 Å². The number of phosphoric ester groups is 1. The lowest BCUT2D eigenvalue weighted by atomic mass is 9.97. The number of rotatable bonds is 10. The van der Waals surface area contributed by atoms with Gasteiger partial charge in [0.15, 0.2) is 0 Å². The van der Waals surface area contributed by atoms with E-state index in [-0.39, 0.29) is 51.2 Å². The fourth-order valence-corrected chi connectivity index (χ4v) is 2.07. The monoisotopic (exact) mass is 382 g/mol. The number of esters is 2. The summed E-state index contributed by atoms with van der Waals surface area (Å²) in [6.07, 6.45) is 0.553. The Labute approximate surface area is 149 Å². The second-order valence-electron chi connectivity index (χ2n) is 7.61. The molecular weight excluding hydrogens is 351 g/mol. The van der Waals surface area contributed by atoms with E-state index in [0.29, 0.717) is 0 Å². The molecule has 0 amide bonds. The Bertz CT molecular complexity index is 436. The van der Waals surface area contributed by atoms with Crippen molar-refractivity contribution in [2.45, 2.75) is 54.4 Å². The maximum Gasteiger partial charge on any atom is 0.472 e. The number of ether oxygens (including phenoxy) is 2. The van der Waals surface area contributed by atoms with E-state index >= 15 is 0 Å². The van der Waals surface area contributed by atoms with Crippen molar-refractivity contribution in [1.29, 1.82) is 0 Å². The fourth-order valence-electron chi connectivity index (χ4n) is 1.28. The van der Waals surface area contributed by atoms with Crippen LogP contribution in [0.25, 0.3) is 0 Å². The van der Waals surface area contributed by atoms with E-state index in [1.165, 1.54) is 0 Å². The zero-order valence-corrected chi connectivity index (χ0v) is 16.9. The predicted octanol–water partition coefficient (Wildman–Crippen LogP) is 3.08. The van der Waals surface area contributed by atoms with E-state index in [2.05, 4.69) is 0 Å². The van der Waals surface area contributed by atoms with Crippen LogP contribution in [-0.2, 0) is 32.7 Å². The average molecular weight is 382 g/mol. The summed E-state index contributed by atoms with van der Waals surface area (Å²) < 4.78 is 31.2. The lowest BCUT2D eigenvalue weighted by Gasteiger charge is -2.17. The van der Waals surface area contributed by atoms with Gasteiger partial charge in [-0.2, -0.15) is 0 Å². The van der Waals surface area contributed by atoms with Gasteiger partial charge in [-0.15, -0.1) is 0 Å². The van der Waals surface area contributed by atoms with Gasteiger partial charge in [0.2, 0.25) is 0 Å². The van der Waals surface area contributed by atoms with Crippen molar-refractivity contribution in [2.24, 2.45) is 10.8 Å². The molecule has 0 rings (SSSR count). The van der Waals surface area contributed by atoms with Crippen molar-refractivity contribution in [3.05, 3.63) is 0 Å². The Morgan fingerprint density at radius 1 is 0.760 bits per heavy atom. The van der Waals surface area contributed by atoms with Gasteiger partial charge in [-0.3, -0.25) is 18.6 Å². The normalized spacial score (nSPS) is 12.8. The van der Waals surface area contributed by atoms with Crippen LogP contribution in [0, 0.1) is 10.8 Å². The molecule has 0 atom stereocenters. The number of hydrogen-bond acceptors (Lipinski definition) is 7. The van der Waals surface area contributed by atoms with Crippen LogP contribution in [0.15, 0.2) is 0 Å². The van der Waals surface area contributed by atoms with Crippen molar-refractivity contribution < 1.29 is 37.6 Å². The molecule has 0 bridgehead atoms. The minimum absolute atomic E-state index is 0.0792. The van der Waals surface area contributed by atoms with Gasteiger partial charge < -0.3 is 14.4 Å². The summed E-state index contributed by atoms with van der Waals surface area (Å²) in [5.74, 6) is -0.693. The predicted molar refractivity (Wildman–Crippen MR) is 91.8 cm³/mol. The van der Waals surface area contributed by atoms with Gasteiger partial charge in [0.1, 0.15) is 0 Å². The molecule has 8 nitrogen and oxygen atoms in total. The SMILES string of the molecule is CC(C)(C)C(=O)OCCCOP(=O)(O)OCCCOC(=O)C(C)(C)C. The molecule has 0 saturated carbocycles. The summed E-state index contributed by atoms with van der Waals surface area (Å²) >= 11 is 0. The lowest BCUT2D eigenvalue weighted by Crippen LogP contribution is -2.23. The van der Waals surface area contributed by atoms with Crippen molar-refractivity contribution in [3.63, 3.8) is 0 Å². The van der Waals surface area contributed by atoms with Gasteiger partial charge in [0.25, 0.3) is 0 Å². The van der Waals surface area contributed by atoms with Gasteiger partial charge >= 0.3 is 19.8 Å². The third-order valence-corrected chi connectivity index (χ3v) is 3.79. The van der Waals surface area contributed by atoms with E-state index in [4.69, 9.17) is 18.5 Å². The molecule has 0 aliphatic rings. The Kier molecular flexibility index (Phi) is 9.87. The Hall–Kier alpha value is -0.950. The van der Waals surface area contributed by atoms with Crippen LogP contribution in [0.1, 0.15) is 54.4 Å². The maximum absolute atomic E-state index is 11.6. The first-order chi connectivity index (χ1) is 11.3.